The summed E-state index contributed by atoms with van der Waals surface area (Å²) in [5.41, 5.74) is 31.8. The molecule has 0 aliphatic carbocycles. The summed E-state index contributed by atoms with van der Waals surface area (Å²) in [4.78, 5) is 5.35. The maximum atomic E-state index is 7.02. The first-order chi connectivity index (χ1) is 47.6. The Balaban J connectivity index is 1.07. The zero-order valence-corrected chi connectivity index (χ0v) is 58.9. The standard InChI is InChI=1S/C94H82BN3O/c1-91(2,3)66-40-37-60(38-41-66)65-52-83-88-84(53-65)98(90-71(61-29-19-14-20-30-61)45-50-86-87(90)72-35-25-26-36-85(72)99-86)81-46-39-64(59-27-17-13-18-28-59)51-77(81)95(88)78-58-70(96-79-47-42-67(92(4,5)6)54-75(79)76-55-68(93(7,8)9)43-48-80(76)96)44-49-82(78)97(83)89-73(62-31-21-15-22-32-62)56-69(94(10,11)12)57-74(89)63-33-23-16-24-34-63/h13-58H,1-12H3. The van der Waals surface area contributed by atoms with Crippen LogP contribution in [0, 0.1) is 0 Å². The van der Waals surface area contributed by atoms with E-state index in [1.54, 1.807) is 0 Å². The van der Waals surface area contributed by atoms with Gasteiger partial charge in [-0.15, -0.1) is 0 Å². The van der Waals surface area contributed by atoms with E-state index in [1.807, 2.05) is 0 Å². The van der Waals surface area contributed by atoms with Gasteiger partial charge >= 0.3 is 0 Å². The Kier molecular flexibility index (Phi) is 14.2. The predicted molar refractivity (Wildman–Crippen MR) is 424 cm³/mol. The van der Waals surface area contributed by atoms with Gasteiger partial charge < -0.3 is 18.8 Å². The minimum absolute atomic E-state index is 0.0448. The van der Waals surface area contributed by atoms with Crippen LogP contribution in [0.15, 0.2) is 283 Å². The van der Waals surface area contributed by atoms with Crippen LogP contribution in [0.5, 0.6) is 0 Å². The maximum Gasteiger partial charge on any atom is 0.252 e. The molecule has 0 N–H and O–H groups in total. The summed E-state index contributed by atoms with van der Waals surface area (Å²) in [6.07, 6.45) is 0. The van der Waals surface area contributed by atoms with Crippen LogP contribution in [-0.4, -0.2) is 11.3 Å². The van der Waals surface area contributed by atoms with E-state index in [-0.39, 0.29) is 28.4 Å². The molecule has 0 unspecified atom stereocenters. The first kappa shape index (κ1) is 61.7. The number of nitrogens with zero attached hydrogens (tertiary/aromatic N) is 3. The molecule has 0 fully saturated rings. The highest BCUT2D eigenvalue weighted by Gasteiger charge is 2.46. The molecule has 17 rings (SSSR count). The van der Waals surface area contributed by atoms with E-state index in [1.165, 1.54) is 66.0 Å². The van der Waals surface area contributed by atoms with Gasteiger partial charge in [0.2, 0.25) is 0 Å². The van der Waals surface area contributed by atoms with Gasteiger partial charge in [-0.1, -0.05) is 271 Å². The second-order valence-corrected chi connectivity index (χ2v) is 31.7. The van der Waals surface area contributed by atoms with Gasteiger partial charge in [-0.2, -0.15) is 0 Å². The first-order valence-corrected chi connectivity index (χ1v) is 35.3. The van der Waals surface area contributed by atoms with Gasteiger partial charge in [0.25, 0.3) is 6.71 Å². The highest BCUT2D eigenvalue weighted by Crippen LogP contribution is 2.55. The summed E-state index contributed by atoms with van der Waals surface area (Å²) in [6, 6.07) is 106. The van der Waals surface area contributed by atoms with E-state index in [2.05, 4.69) is 377 Å². The van der Waals surface area contributed by atoms with E-state index in [4.69, 9.17) is 4.42 Å². The van der Waals surface area contributed by atoms with Crippen LogP contribution < -0.4 is 26.2 Å². The number of anilines is 6. The zero-order valence-electron chi connectivity index (χ0n) is 58.9. The number of rotatable bonds is 8. The number of aromatic nitrogens is 1. The number of hydrogen-bond donors (Lipinski definition) is 0. The van der Waals surface area contributed by atoms with E-state index in [0.717, 1.165) is 112 Å². The van der Waals surface area contributed by atoms with Crippen molar-refractivity contribution in [2.75, 3.05) is 9.80 Å². The molecule has 4 heterocycles. The molecule has 482 valence electrons. The molecule has 4 nitrogen and oxygen atoms in total. The number of benzene rings is 13. The van der Waals surface area contributed by atoms with Crippen LogP contribution in [0.25, 0.3) is 105 Å². The highest BCUT2D eigenvalue weighted by molar-refractivity contribution is 7.00. The molecular weight excluding hydrogens is 1200 g/mol. The molecular formula is C94H82BN3O. The minimum Gasteiger partial charge on any atom is -0.456 e. The Morgan fingerprint density at radius 2 is 0.727 bits per heavy atom. The monoisotopic (exact) mass is 1280 g/mol. The van der Waals surface area contributed by atoms with Crippen molar-refractivity contribution < 1.29 is 4.42 Å². The van der Waals surface area contributed by atoms with E-state index in [0.29, 0.717) is 0 Å². The first-order valence-electron chi connectivity index (χ1n) is 35.3. The maximum absolute atomic E-state index is 7.02. The van der Waals surface area contributed by atoms with Crippen molar-refractivity contribution >= 4 is 101 Å². The summed E-state index contributed by atoms with van der Waals surface area (Å²) >= 11 is 0. The minimum atomic E-state index is -0.281. The van der Waals surface area contributed by atoms with Crippen LogP contribution in [0.1, 0.15) is 105 Å². The number of furan rings is 1. The topological polar surface area (TPSA) is 24.6 Å². The molecule has 0 atom stereocenters. The van der Waals surface area contributed by atoms with Gasteiger partial charge in [0.15, 0.2) is 0 Å². The number of para-hydroxylation sites is 1. The largest absolute Gasteiger partial charge is 0.456 e. The van der Waals surface area contributed by atoms with Crippen LogP contribution in [0.3, 0.4) is 0 Å². The fourth-order valence-corrected chi connectivity index (χ4v) is 15.9. The van der Waals surface area contributed by atoms with E-state index in [9.17, 15) is 0 Å². The van der Waals surface area contributed by atoms with Crippen molar-refractivity contribution in [2.24, 2.45) is 0 Å². The Bertz CT molecular complexity index is 5560. The lowest BCUT2D eigenvalue weighted by Crippen LogP contribution is -2.61. The third-order valence-corrected chi connectivity index (χ3v) is 21.2. The number of hydrogen-bond acceptors (Lipinski definition) is 3. The molecule has 0 bridgehead atoms. The van der Waals surface area contributed by atoms with Crippen molar-refractivity contribution in [2.45, 2.75) is 105 Å². The molecule has 0 radical (unpaired) electrons. The lowest BCUT2D eigenvalue weighted by atomic mass is 9.33. The molecule has 0 spiro atoms. The van der Waals surface area contributed by atoms with Crippen molar-refractivity contribution in [3.05, 3.63) is 301 Å². The van der Waals surface area contributed by atoms with Crippen molar-refractivity contribution in [1.29, 1.82) is 0 Å². The van der Waals surface area contributed by atoms with E-state index >= 15 is 0 Å². The lowest BCUT2D eigenvalue weighted by Gasteiger charge is -2.46. The van der Waals surface area contributed by atoms with Crippen LogP contribution in [0.2, 0.25) is 0 Å². The quantitative estimate of drug-likeness (QED) is 0.142. The zero-order chi connectivity index (χ0) is 68.0. The Hall–Kier alpha value is -10.9. The third-order valence-electron chi connectivity index (χ3n) is 21.2. The molecule has 5 heteroatoms. The molecule has 13 aromatic carbocycles. The molecule has 2 aliphatic heterocycles. The van der Waals surface area contributed by atoms with Crippen molar-refractivity contribution in [3.8, 4) is 61.3 Å². The highest BCUT2D eigenvalue weighted by atomic mass is 16.3. The van der Waals surface area contributed by atoms with Gasteiger partial charge in [-0.25, -0.2) is 0 Å². The van der Waals surface area contributed by atoms with Gasteiger partial charge in [-0.3, -0.25) is 0 Å². The van der Waals surface area contributed by atoms with Crippen LogP contribution in [0.4, 0.5) is 34.1 Å². The van der Waals surface area contributed by atoms with Gasteiger partial charge in [0.05, 0.1) is 27.8 Å². The average Bonchev–Trinajstić information content (AvgIpc) is 1.43. The summed E-state index contributed by atoms with van der Waals surface area (Å²) in [5, 5.41) is 4.66. The SMILES string of the molecule is CC(C)(C)c1ccc(-c2cc3c4c(c2)N(c2c(-c5ccccc5)ccc5oc6ccccc6c25)c2ccc(-c5ccccc5)cc2B4c2cc(-n4c5ccc(C(C)(C)C)cc5c5cc(C(C)(C)C)ccc54)ccc2N3c2c(-c3ccccc3)cc(C(C)(C)C)cc2-c2ccccc2)cc1. The van der Waals surface area contributed by atoms with Gasteiger partial charge in [-0.05, 0) is 190 Å². The normalized spacial score (nSPS) is 13.2. The van der Waals surface area contributed by atoms with Crippen molar-refractivity contribution in [3.63, 3.8) is 0 Å². The Labute approximate surface area is 583 Å². The van der Waals surface area contributed by atoms with Gasteiger partial charge in [0, 0.05) is 61.3 Å². The fourth-order valence-electron chi connectivity index (χ4n) is 15.9. The second kappa shape index (κ2) is 22.9. The number of fused-ring (bicyclic) bond motifs is 10. The molecule has 2 aromatic heterocycles. The lowest BCUT2D eigenvalue weighted by molar-refractivity contribution is 0.590. The Morgan fingerprint density at radius 3 is 1.26 bits per heavy atom. The predicted octanol–water partition coefficient (Wildman–Crippen LogP) is 24.3. The molecule has 99 heavy (non-hydrogen) atoms. The van der Waals surface area contributed by atoms with Crippen LogP contribution >= 0.6 is 0 Å². The molecule has 0 saturated heterocycles. The van der Waals surface area contributed by atoms with Crippen molar-refractivity contribution in [1.82, 2.24) is 4.57 Å². The summed E-state index contributed by atoms with van der Waals surface area (Å²) < 4.78 is 9.58. The van der Waals surface area contributed by atoms with Crippen LogP contribution in [-0.2, 0) is 21.7 Å². The molecule has 2 aliphatic rings. The molecule has 0 saturated carbocycles. The fraction of sp³-hybridized carbons (Fsp3) is 0.170. The Morgan fingerprint density at radius 1 is 0.283 bits per heavy atom. The summed E-state index contributed by atoms with van der Waals surface area (Å²) in [6.45, 7) is 27.7. The summed E-state index contributed by atoms with van der Waals surface area (Å²) in [7, 11) is 0. The summed E-state index contributed by atoms with van der Waals surface area (Å²) in [5.74, 6) is 0. The van der Waals surface area contributed by atoms with E-state index < -0.39 is 0 Å². The molecule has 0 amide bonds. The average molecular weight is 1280 g/mol. The molecule has 15 aromatic rings. The van der Waals surface area contributed by atoms with Gasteiger partial charge in [0.1, 0.15) is 11.2 Å². The third kappa shape index (κ3) is 10.3. The second-order valence-electron chi connectivity index (χ2n) is 31.7. The smallest absolute Gasteiger partial charge is 0.252 e.